The van der Waals surface area contributed by atoms with Crippen molar-refractivity contribution in [3.63, 3.8) is 0 Å². The van der Waals surface area contributed by atoms with Crippen LogP contribution >= 0.6 is 0 Å². The molecule has 1 aromatic heterocycles. The summed E-state index contributed by atoms with van der Waals surface area (Å²) >= 11 is 0. The Morgan fingerprint density at radius 1 is 0.676 bits per heavy atom. The standard InChI is InChI=1S/C29H49N3O2/c1-3-26-25-27(4-2)32-29(31-26)30-24-22-20-18-16-14-12-10-8-6-5-7-9-11-13-15-17-19-21-23-28(33)34/h3-4,25H,1-2,5-24H2,(H,33,34)(H,30,31,32). The molecule has 1 rings (SSSR count). The summed E-state index contributed by atoms with van der Waals surface area (Å²) in [5.41, 5.74) is 1.65. The van der Waals surface area contributed by atoms with Crippen LogP contribution in [0.25, 0.3) is 12.2 Å². The molecule has 0 saturated carbocycles. The third-order valence-electron chi connectivity index (χ3n) is 6.28. The van der Waals surface area contributed by atoms with Crippen molar-refractivity contribution >= 4 is 24.1 Å². The highest BCUT2D eigenvalue weighted by Crippen LogP contribution is 2.15. The average Bonchev–Trinajstić information content (AvgIpc) is 2.84. The van der Waals surface area contributed by atoms with Crippen LogP contribution < -0.4 is 5.32 Å². The molecule has 0 aliphatic rings. The van der Waals surface area contributed by atoms with Crippen LogP contribution in [0.5, 0.6) is 0 Å². The van der Waals surface area contributed by atoms with Gasteiger partial charge in [0, 0.05) is 13.0 Å². The number of nitrogens with one attached hydrogen (secondary N) is 1. The first-order valence-corrected chi connectivity index (χ1v) is 13.8. The summed E-state index contributed by atoms with van der Waals surface area (Å²) in [4.78, 5) is 19.3. The molecule has 0 saturated heterocycles. The molecule has 0 unspecified atom stereocenters. The zero-order valence-electron chi connectivity index (χ0n) is 21.5. The summed E-state index contributed by atoms with van der Waals surface area (Å²) in [6.07, 6.45) is 27.0. The second-order valence-electron chi connectivity index (χ2n) is 9.38. The minimum atomic E-state index is -0.662. The fourth-order valence-corrected chi connectivity index (χ4v) is 4.20. The third kappa shape index (κ3) is 17.3. The number of unbranched alkanes of at least 4 members (excludes halogenated alkanes) is 17. The Bertz CT molecular complexity index is 649. The van der Waals surface area contributed by atoms with Crippen LogP contribution in [-0.4, -0.2) is 27.6 Å². The number of carboxylic acid groups (broad SMARTS) is 1. The number of aliphatic carboxylic acids is 1. The lowest BCUT2D eigenvalue weighted by atomic mass is 10.0. The zero-order valence-corrected chi connectivity index (χ0v) is 21.5. The van der Waals surface area contributed by atoms with E-state index in [-0.39, 0.29) is 0 Å². The molecular weight excluding hydrogens is 422 g/mol. The third-order valence-corrected chi connectivity index (χ3v) is 6.28. The minimum absolute atomic E-state index is 0.332. The second-order valence-corrected chi connectivity index (χ2v) is 9.38. The molecule has 0 spiro atoms. The van der Waals surface area contributed by atoms with Crippen LogP contribution in [0.4, 0.5) is 5.95 Å². The molecule has 34 heavy (non-hydrogen) atoms. The van der Waals surface area contributed by atoms with Gasteiger partial charge < -0.3 is 10.4 Å². The van der Waals surface area contributed by atoms with Crippen molar-refractivity contribution in [3.05, 3.63) is 30.6 Å². The first-order valence-electron chi connectivity index (χ1n) is 13.8. The second kappa shape index (κ2) is 21.4. The molecular formula is C29H49N3O2. The van der Waals surface area contributed by atoms with E-state index in [0.29, 0.717) is 12.4 Å². The maximum atomic E-state index is 10.4. The van der Waals surface area contributed by atoms with Crippen LogP contribution in [0, 0.1) is 0 Å². The van der Waals surface area contributed by atoms with E-state index >= 15 is 0 Å². The van der Waals surface area contributed by atoms with E-state index in [9.17, 15) is 4.79 Å². The van der Waals surface area contributed by atoms with E-state index in [1.54, 1.807) is 12.2 Å². The Morgan fingerprint density at radius 3 is 1.38 bits per heavy atom. The maximum absolute atomic E-state index is 10.4. The number of anilines is 1. The lowest BCUT2D eigenvalue weighted by molar-refractivity contribution is -0.137. The number of nitrogens with zero attached hydrogens (tertiary/aromatic N) is 2. The highest BCUT2D eigenvalue weighted by Gasteiger charge is 2.01. The van der Waals surface area contributed by atoms with Crippen molar-refractivity contribution in [2.75, 3.05) is 11.9 Å². The SMILES string of the molecule is C=Cc1cc(C=C)nc(NCCCCCCCCCCCCCCCCCCCCC(=O)O)n1. The van der Waals surface area contributed by atoms with Crippen LogP contribution in [0.15, 0.2) is 19.2 Å². The maximum Gasteiger partial charge on any atom is 0.303 e. The van der Waals surface area contributed by atoms with Crippen molar-refractivity contribution in [3.8, 4) is 0 Å². The van der Waals surface area contributed by atoms with Gasteiger partial charge in [-0.25, -0.2) is 9.97 Å². The highest BCUT2D eigenvalue weighted by atomic mass is 16.4. The number of rotatable bonds is 24. The van der Waals surface area contributed by atoms with Crippen molar-refractivity contribution in [2.45, 2.75) is 122 Å². The fourth-order valence-electron chi connectivity index (χ4n) is 4.20. The average molecular weight is 472 g/mol. The monoisotopic (exact) mass is 471 g/mol. The molecule has 0 amide bonds. The molecule has 0 aromatic carbocycles. The lowest BCUT2D eigenvalue weighted by Crippen LogP contribution is -2.06. The molecule has 5 nitrogen and oxygen atoms in total. The molecule has 1 aromatic rings. The topological polar surface area (TPSA) is 75.1 Å². The van der Waals surface area contributed by atoms with Gasteiger partial charge in [-0.15, -0.1) is 0 Å². The van der Waals surface area contributed by atoms with E-state index in [2.05, 4.69) is 28.4 Å². The summed E-state index contributed by atoms with van der Waals surface area (Å²) in [5, 5.41) is 11.9. The molecule has 0 fully saturated rings. The summed E-state index contributed by atoms with van der Waals surface area (Å²) in [5.74, 6) is 0.00238. The Morgan fingerprint density at radius 2 is 1.03 bits per heavy atom. The summed E-state index contributed by atoms with van der Waals surface area (Å²) in [6, 6.07) is 1.88. The molecule has 0 aliphatic carbocycles. The first-order chi connectivity index (χ1) is 16.7. The largest absolute Gasteiger partial charge is 0.481 e. The Balaban J connectivity index is 1.79. The van der Waals surface area contributed by atoms with Gasteiger partial charge in [-0.1, -0.05) is 116 Å². The predicted molar refractivity (Wildman–Crippen MR) is 146 cm³/mol. The smallest absolute Gasteiger partial charge is 0.303 e. The number of carboxylic acids is 1. The van der Waals surface area contributed by atoms with Gasteiger partial charge in [0.15, 0.2) is 0 Å². The van der Waals surface area contributed by atoms with Gasteiger partial charge in [0.25, 0.3) is 0 Å². The van der Waals surface area contributed by atoms with E-state index < -0.39 is 5.97 Å². The molecule has 192 valence electrons. The van der Waals surface area contributed by atoms with Crippen molar-refractivity contribution in [1.82, 2.24) is 9.97 Å². The van der Waals surface area contributed by atoms with E-state index in [4.69, 9.17) is 5.11 Å². The summed E-state index contributed by atoms with van der Waals surface area (Å²) < 4.78 is 0. The summed E-state index contributed by atoms with van der Waals surface area (Å²) in [6.45, 7) is 8.46. The Kier molecular flexibility index (Phi) is 18.8. The first kappa shape index (κ1) is 29.9. The molecule has 0 radical (unpaired) electrons. The summed E-state index contributed by atoms with van der Waals surface area (Å²) in [7, 11) is 0. The van der Waals surface area contributed by atoms with E-state index in [0.717, 1.165) is 37.2 Å². The number of aromatic nitrogens is 2. The zero-order chi connectivity index (χ0) is 24.7. The van der Waals surface area contributed by atoms with E-state index in [1.165, 1.54) is 96.3 Å². The molecule has 0 atom stereocenters. The fraction of sp³-hybridized carbons (Fsp3) is 0.690. The van der Waals surface area contributed by atoms with Crippen molar-refractivity contribution in [2.24, 2.45) is 0 Å². The lowest BCUT2D eigenvalue weighted by Gasteiger charge is -2.07. The number of carbonyl (C=O) groups is 1. The van der Waals surface area contributed by atoms with Gasteiger partial charge in [-0.2, -0.15) is 0 Å². The Labute approximate surface area is 208 Å². The number of hydrogen-bond donors (Lipinski definition) is 2. The minimum Gasteiger partial charge on any atom is -0.481 e. The predicted octanol–water partition coefficient (Wildman–Crippen LogP) is 8.67. The van der Waals surface area contributed by atoms with Crippen LogP contribution in [0.2, 0.25) is 0 Å². The molecule has 2 N–H and O–H groups in total. The molecule has 1 heterocycles. The quantitative estimate of drug-likeness (QED) is 0.147. The van der Waals surface area contributed by atoms with Gasteiger partial charge >= 0.3 is 5.97 Å². The van der Waals surface area contributed by atoms with Gasteiger partial charge in [0.1, 0.15) is 0 Å². The Hall–Kier alpha value is -2.17. The normalized spacial score (nSPS) is 10.8. The highest BCUT2D eigenvalue weighted by molar-refractivity contribution is 5.66. The van der Waals surface area contributed by atoms with Gasteiger partial charge in [0.2, 0.25) is 5.95 Å². The van der Waals surface area contributed by atoms with Crippen molar-refractivity contribution in [1.29, 1.82) is 0 Å². The van der Waals surface area contributed by atoms with Crippen LogP contribution in [0.1, 0.15) is 133 Å². The van der Waals surface area contributed by atoms with Gasteiger partial charge in [-0.05, 0) is 31.1 Å². The van der Waals surface area contributed by atoms with Crippen molar-refractivity contribution < 1.29 is 9.90 Å². The van der Waals surface area contributed by atoms with Gasteiger partial charge in [0.05, 0.1) is 11.4 Å². The van der Waals surface area contributed by atoms with Crippen LogP contribution in [-0.2, 0) is 4.79 Å². The molecule has 5 heteroatoms. The van der Waals surface area contributed by atoms with Crippen LogP contribution in [0.3, 0.4) is 0 Å². The van der Waals surface area contributed by atoms with E-state index in [1.807, 2.05) is 6.07 Å². The molecule has 0 aliphatic heterocycles. The molecule has 0 bridgehead atoms. The number of hydrogen-bond acceptors (Lipinski definition) is 4. The van der Waals surface area contributed by atoms with Gasteiger partial charge in [-0.3, -0.25) is 4.79 Å².